The van der Waals surface area contributed by atoms with Crippen molar-refractivity contribution in [2.75, 3.05) is 19.6 Å². The van der Waals surface area contributed by atoms with Crippen molar-refractivity contribution in [1.29, 1.82) is 0 Å². The molecule has 0 aliphatic heterocycles. The highest BCUT2D eigenvalue weighted by Gasteiger charge is 2.28. The Labute approximate surface area is 121 Å². The first kappa shape index (κ1) is 16.8. The summed E-state index contributed by atoms with van der Waals surface area (Å²) in [5, 5.41) is 12.0. The molecular formula is C15H28N2O3. The fourth-order valence-electron chi connectivity index (χ4n) is 2.28. The summed E-state index contributed by atoms with van der Waals surface area (Å²) in [5.74, 6) is -0.727. The number of nitrogens with zero attached hydrogens (tertiary/aromatic N) is 1. The number of carboxylic acid groups (broad SMARTS) is 1. The maximum Gasteiger partial charge on any atom is 0.317 e. The summed E-state index contributed by atoms with van der Waals surface area (Å²) < 4.78 is 0. The molecule has 5 nitrogen and oxygen atoms in total. The van der Waals surface area contributed by atoms with E-state index in [0.717, 1.165) is 6.54 Å². The molecule has 1 fully saturated rings. The van der Waals surface area contributed by atoms with Crippen molar-refractivity contribution in [1.82, 2.24) is 10.2 Å². The van der Waals surface area contributed by atoms with Gasteiger partial charge in [-0.1, -0.05) is 20.8 Å². The lowest BCUT2D eigenvalue weighted by Crippen LogP contribution is -2.44. The minimum absolute atomic E-state index is 0.0633. The number of nitrogens with one attached hydrogen (secondary N) is 1. The largest absolute Gasteiger partial charge is 0.481 e. The first-order chi connectivity index (χ1) is 9.23. The van der Waals surface area contributed by atoms with Crippen molar-refractivity contribution in [2.24, 2.45) is 17.3 Å². The Kier molecular flexibility index (Phi) is 5.84. The van der Waals surface area contributed by atoms with Gasteiger partial charge in [-0.15, -0.1) is 0 Å². The first-order valence-corrected chi connectivity index (χ1v) is 7.48. The number of rotatable bonds is 7. The maximum atomic E-state index is 12.1. The van der Waals surface area contributed by atoms with Crippen LogP contribution in [0.3, 0.4) is 0 Å². The molecule has 5 heteroatoms. The predicted molar refractivity (Wildman–Crippen MR) is 78.6 cm³/mol. The molecule has 0 saturated heterocycles. The van der Waals surface area contributed by atoms with E-state index in [4.69, 9.17) is 0 Å². The van der Waals surface area contributed by atoms with Crippen molar-refractivity contribution in [3.8, 4) is 0 Å². The van der Waals surface area contributed by atoms with E-state index >= 15 is 0 Å². The molecule has 2 amide bonds. The molecule has 20 heavy (non-hydrogen) atoms. The summed E-state index contributed by atoms with van der Waals surface area (Å²) in [5.41, 5.74) is -0.0633. The molecule has 116 valence electrons. The topological polar surface area (TPSA) is 69.6 Å². The molecule has 0 spiro atoms. The van der Waals surface area contributed by atoms with Crippen LogP contribution in [0.4, 0.5) is 4.79 Å². The number of carbonyl (C=O) groups excluding carboxylic acids is 1. The zero-order valence-corrected chi connectivity index (χ0v) is 13.1. The van der Waals surface area contributed by atoms with Gasteiger partial charge in [0.2, 0.25) is 0 Å². The summed E-state index contributed by atoms with van der Waals surface area (Å²) in [4.78, 5) is 25.1. The third kappa shape index (κ3) is 6.26. The Morgan fingerprint density at radius 1 is 1.35 bits per heavy atom. The number of carboxylic acids is 1. The van der Waals surface area contributed by atoms with E-state index in [1.165, 1.54) is 12.8 Å². The van der Waals surface area contributed by atoms with Gasteiger partial charge in [-0.2, -0.15) is 0 Å². The zero-order chi connectivity index (χ0) is 15.3. The van der Waals surface area contributed by atoms with Crippen LogP contribution in [0.2, 0.25) is 0 Å². The standard InChI is InChI=1S/C15H28N2O3/c1-5-17(10-11-6-7-11)14(20)16-9-12(13(18)19)8-15(2,3)4/h11-12H,5-10H2,1-4H3,(H,16,20)(H,18,19). The molecule has 0 aromatic carbocycles. The van der Waals surface area contributed by atoms with Gasteiger partial charge in [0.1, 0.15) is 0 Å². The SMILES string of the molecule is CCN(CC1CC1)C(=O)NCC(CC(C)(C)C)C(=O)O. The van der Waals surface area contributed by atoms with Crippen molar-refractivity contribution >= 4 is 12.0 Å². The maximum absolute atomic E-state index is 12.1. The van der Waals surface area contributed by atoms with Crippen molar-refractivity contribution in [2.45, 2.75) is 47.0 Å². The molecule has 0 aromatic rings. The lowest BCUT2D eigenvalue weighted by molar-refractivity contribution is -0.142. The van der Waals surface area contributed by atoms with Gasteiger partial charge in [0, 0.05) is 19.6 Å². The van der Waals surface area contributed by atoms with Crippen LogP contribution in [0, 0.1) is 17.3 Å². The van der Waals surface area contributed by atoms with Crippen LogP contribution in [0.15, 0.2) is 0 Å². The molecule has 1 aliphatic carbocycles. The van der Waals surface area contributed by atoms with E-state index < -0.39 is 11.9 Å². The molecule has 1 saturated carbocycles. The lowest BCUT2D eigenvalue weighted by Gasteiger charge is -2.25. The second-order valence-corrected chi connectivity index (χ2v) is 6.97. The van der Waals surface area contributed by atoms with E-state index in [1.807, 2.05) is 27.7 Å². The minimum atomic E-state index is -0.842. The zero-order valence-electron chi connectivity index (χ0n) is 13.1. The van der Waals surface area contributed by atoms with E-state index in [9.17, 15) is 14.7 Å². The summed E-state index contributed by atoms with van der Waals surface area (Å²) >= 11 is 0. The molecule has 1 atom stereocenters. The minimum Gasteiger partial charge on any atom is -0.481 e. The Morgan fingerprint density at radius 2 is 1.95 bits per heavy atom. The quantitative estimate of drug-likeness (QED) is 0.755. The molecule has 1 rings (SSSR count). The Hall–Kier alpha value is -1.26. The van der Waals surface area contributed by atoms with E-state index in [0.29, 0.717) is 18.9 Å². The smallest absolute Gasteiger partial charge is 0.317 e. The number of aliphatic carboxylic acids is 1. The van der Waals surface area contributed by atoms with Crippen LogP contribution in [-0.4, -0.2) is 41.6 Å². The van der Waals surface area contributed by atoms with Gasteiger partial charge in [-0.3, -0.25) is 4.79 Å². The Balaban J connectivity index is 2.44. The number of hydrogen-bond acceptors (Lipinski definition) is 2. The lowest BCUT2D eigenvalue weighted by atomic mass is 9.84. The van der Waals surface area contributed by atoms with Gasteiger partial charge in [0.25, 0.3) is 0 Å². The average molecular weight is 284 g/mol. The van der Waals surface area contributed by atoms with Crippen LogP contribution in [0.5, 0.6) is 0 Å². The average Bonchev–Trinajstić information content (AvgIpc) is 3.13. The number of amides is 2. The van der Waals surface area contributed by atoms with Gasteiger partial charge in [-0.25, -0.2) is 4.79 Å². The molecule has 0 radical (unpaired) electrons. The van der Waals surface area contributed by atoms with Gasteiger partial charge < -0.3 is 15.3 Å². The molecule has 0 bridgehead atoms. The fourth-order valence-corrected chi connectivity index (χ4v) is 2.28. The molecule has 1 unspecified atom stereocenters. The van der Waals surface area contributed by atoms with E-state index in [-0.39, 0.29) is 18.0 Å². The monoisotopic (exact) mass is 284 g/mol. The Bertz CT molecular complexity index is 346. The summed E-state index contributed by atoms with van der Waals surface area (Å²) in [6.45, 7) is 9.64. The number of hydrogen-bond donors (Lipinski definition) is 2. The van der Waals surface area contributed by atoms with Crippen molar-refractivity contribution in [3.63, 3.8) is 0 Å². The highest BCUT2D eigenvalue weighted by Crippen LogP contribution is 2.29. The molecule has 2 N–H and O–H groups in total. The predicted octanol–water partition coefficient (Wildman–Crippen LogP) is 2.56. The molecular weight excluding hydrogens is 256 g/mol. The van der Waals surface area contributed by atoms with Gasteiger partial charge >= 0.3 is 12.0 Å². The summed E-state index contributed by atoms with van der Waals surface area (Å²) in [7, 11) is 0. The van der Waals surface area contributed by atoms with E-state index in [2.05, 4.69) is 5.32 Å². The van der Waals surface area contributed by atoms with Crippen LogP contribution in [0.25, 0.3) is 0 Å². The second kappa shape index (κ2) is 6.95. The first-order valence-electron chi connectivity index (χ1n) is 7.48. The molecule has 0 aromatic heterocycles. The van der Waals surface area contributed by atoms with Crippen LogP contribution >= 0.6 is 0 Å². The second-order valence-electron chi connectivity index (χ2n) is 6.97. The summed E-state index contributed by atoms with van der Waals surface area (Å²) in [6.07, 6.45) is 2.95. The normalized spacial score (nSPS) is 16.6. The van der Waals surface area contributed by atoms with Crippen molar-refractivity contribution in [3.05, 3.63) is 0 Å². The highest BCUT2D eigenvalue weighted by molar-refractivity contribution is 5.76. The molecule has 1 aliphatic rings. The number of carbonyl (C=O) groups is 2. The fraction of sp³-hybridized carbons (Fsp3) is 0.867. The van der Waals surface area contributed by atoms with Gasteiger partial charge in [0.15, 0.2) is 0 Å². The third-order valence-electron chi connectivity index (χ3n) is 3.55. The van der Waals surface area contributed by atoms with E-state index in [1.54, 1.807) is 4.90 Å². The van der Waals surface area contributed by atoms with Gasteiger partial charge in [0.05, 0.1) is 5.92 Å². The van der Waals surface area contributed by atoms with Crippen molar-refractivity contribution < 1.29 is 14.7 Å². The van der Waals surface area contributed by atoms with Crippen LogP contribution in [-0.2, 0) is 4.79 Å². The third-order valence-corrected chi connectivity index (χ3v) is 3.55. The van der Waals surface area contributed by atoms with Crippen LogP contribution in [0.1, 0.15) is 47.0 Å². The Morgan fingerprint density at radius 3 is 2.35 bits per heavy atom. The number of urea groups is 1. The highest BCUT2D eigenvalue weighted by atomic mass is 16.4. The van der Waals surface area contributed by atoms with Gasteiger partial charge in [-0.05, 0) is 37.5 Å². The molecule has 0 heterocycles. The van der Waals surface area contributed by atoms with Crippen LogP contribution < -0.4 is 5.32 Å². The summed E-state index contributed by atoms with van der Waals surface area (Å²) in [6, 6.07) is -0.139.